The molecule has 45 heavy (non-hydrogen) atoms. The van der Waals surface area contributed by atoms with Gasteiger partial charge in [0.15, 0.2) is 0 Å². The van der Waals surface area contributed by atoms with Gasteiger partial charge in [-0.3, -0.25) is 13.9 Å². The predicted octanol–water partition coefficient (Wildman–Crippen LogP) is 6.20. The average molecular weight is 624 g/mol. The van der Waals surface area contributed by atoms with Crippen LogP contribution in [0.3, 0.4) is 0 Å². The van der Waals surface area contributed by atoms with Crippen LogP contribution in [0.1, 0.15) is 47.9 Å². The topological polar surface area (TPSA) is 86.8 Å². The van der Waals surface area contributed by atoms with Gasteiger partial charge in [0.2, 0.25) is 11.8 Å². The predicted molar refractivity (Wildman–Crippen MR) is 178 cm³/mol. The van der Waals surface area contributed by atoms with E-state index in [2.05, 4.69) is 5.32 Å². The fourth-order valence-corrected chi connectivity index (χ4v) is 7.30. The number of amides is 2. The van der Waals surface area contributed by atoms with Crippen LogP contribution >= 0.6 is 0 Å². The van der Waals surface area contributed by atoms with Crippen molar-refractivity contribution in [3.8, 4) is 0 Å². The summed E-state index contributed by atoms with van der Waals surface area (Å²) in [6, 6.07) is 31.9. The van der Waals surface area contributed by atoms with Gasteiger partial charge in [-0.2, -0.15) is 0 Å². The molecule has 1 N–H and O–H groups in total. The van der Waals surface area contributed by atoms with E-state index in [1.165, 1.54) is 0 Å². The number of aryl methyl sites for hydroxylation is 2. The number of hydrogen-bond donors (Lipinski definition) is 1. The Bertz CT molecular complexity index is 1690. The minimum Gasteiger partial charge on any atom is -0.352 e. The number of benzene rings is 4. The molecule has 0 heterocycles. The number of carbonyl (C=O) groups excluding carboxylic acids is 2. The molecule has 0 aliphatic heterocycles. The highest BCUT2D eigenvalue weighted by atomic mass is 32.2. The highest BCUT2D eigenvalue weighted by Crippen LogP contribution is 2.26. The van der Waals surface area contributed by atoms with Crippen molar-refractivity contribution in [1.29, 1.82) is 0 Å². The first-order valence-electron chi connectivity index (χ1n) is 15.5. The Morgan fingerprint density at radius 1 is 0.778 bits per heavy atom. The van der Waals surface area contributed by atoms with Crippen molar-refractivity contribution in [1.82, 2.24) is 10.2 Å². The van der Waals surface area contributed by atoms with Crippen LogP contribution in [0.15, 0.2) is 114 Å². The first kappa shape index (κ1) is 32.0. The summed E-state index contributed by atoms with van der Waals surface area (Å²) in [5.41, 5.74) is 4.11. The van der Waals surface area contributed by atoms with Crippen molar-refractivity contribution in [2.75, 3.05) is 10.8 Å². The van der Waals surface area contributed by atoms with E-state index < -0.39 is 28.5 Å². The highest BCUT2D eigenvalue weighted by molar-refractivity contribution is 7.92. The Kier molecular flexibility index (Phi) is 10.4. The zero-order valence-corrected chi connectivity index (χ0v) is 26.7. The maximum atomic E-state index is 14.6. The smallest absolute Gasteiger partial charge is 0.264 e. The number of carbonyl (C=O) groups is 2. The standard InChI is InChI=1S/C37H41N3O4S/c1-28-20-22-34(23-21-28)45(43,44)40(33-18-7-4-8-19-33)27-36(41)39(26-31-15-11-12-29(2)24-31)35(25-30-13-5-3-6-14-30)37(42)38-32-16-9-10-17-32/h3-8,11-15,18-24,32,35H,9-10,16-17,25-27H2,1-2H3,(H,38,42)/t35-/m0/s1. The SMILES string of the molecule is Cc1ccc(S(=O)(=O)N(CC(=O)N(Cc2cccc(C)c2)[C@@H](Cc2ccccc2)C(=O)NC2CCCC2)c2ccccc2)cc1. The maximum absolute atomic E-state index is 14.6. The van der Waals surface area contributed by atoms with Crippen LogP contribution in [0.2, 0.25) is 0 Å². The molecule has 1 saturated carbocycles. The third-order valence-electron chi connectivity index (χ3n) is 8.34. The molecule has 1 atom stereocenters. The van der Waals surface area contributed by atoms with Crippen molar-refractivity contribution < 1.29 is 18.0 Å². The van der Waals surface area contributed by atoms with Gasteiger partial charge in [-0.25, -0.2) is 8.42 Å². The first-order valence-corrected chi connectivity index (χ1v) is 17.0. The van der Waals surface area contributed by atoms with Gasteiger partial charge in [-0.15, -0.1) is 0 Å². The van der Waals surface area contributed by atoms with E-state index in [1.807, 2.05) is 68.4 Å². The zero-order chi connectivity index (χ0) is 31.8. The lowest BCUT2D eigenvalue weighted by Crippen LogP contribution is -2.54. The number of hydrogen-bond acceptors (Lipinski definition) is 4. The van der Waals surface area contributed by atoms with E-state index in [-0.39, 0.29) is 23.4 Å². The second kappa shape index (κ2) is 14.6. The molecule has 234 valence electrons. The van der Waals surface area contributed by atoms with Gasteiger partial charge in [-0.05, 0) is 62.1 Å². The lowest BCUT2D eigenvalue weighted by Gasteiger charge is -2.34. The molecule has 1 fully saturated rings. The summed E-state index contributed by atoms with van der Waals surface area (Å²) >= 11 is 0. The van der Waals surface area contributed by atoms with Gasteiger partial charge in [-0.1, -0.05) is 109 Å². The van der Waals surface area contributed by atoms with E-state index in [0.29, 0.717) is 12.1 Å². The summed E-state index contributed by atoms with van der Waals surface area (Å²) in [6.45, 7) is 3.56. The molecule has 1 aliphatic rings. The number of nitrogens with one attached hydrogen (secondary N) is 1. The van der Waals surface area contributed by atoms with E-state index in [1.54, 1.807) is 59.5 Å². The fraction of sp³-hybridized carbons (Fsp3) is 0.297. The fourth-order valence-electron chi connectivity index (χ4n) is 5.89. The third-order valence-corrected chi connectivity index (χ3v) is 10.1. The second-order valence-corrected chi connectivity index (χ2v) is 13.7. The second-order valence-electron chi connectivity index (χ2n) is 11.9. The molecule has 0 spiro atoms. The summed E-state index contributed by atoms with van der Waals surface area (Å²) < 4.78 is 29.4. The van der Waals surface area contributed by atoms with Crippen LogP contribution in [0.5, 0.6) is 0 Å². The van der Waals surface area contributed by atoms with Crippen LogP contribution in [0.25, 0.3) is 0 Å². The molecule has 0 unspecified atom stereocenters. The first-order chi connectivity index (χ1) is 21.7. The largest absolute Gasteiger partial charge is 0.352 e. The molecule has 5 rings (SSSR count). The molecule has 7 nitrogen and oxygen atoms in total. The van der Waals surface area contributed by atoms with Crippen molar-refractivity contribution >= 4 is 27.5 Å². The molecule has 4 aromatic carbocycles. The van der Waals surface area contributed by atoms with E-state index >= 15 is 0 Å². The molecule has 0 aromatic heterocycles. The third kappa shape index (κ3) is 8.19. The van der Waals surface area contributed by atoms with E-state index in [9.17, 15) is 18.0 Å². The molecular weight excluding hydrogens is 582 g/mol. The molecule has 0 radical (unpaired) electrons. The normalized spacial score (nSPS) is 14.1. The average Bonchev–Trinajstić information content (AvgIpc) is 3.55. The number of sulfonamides is 1. The quantitative estimate of drug-likeness (QED) is 0.204. The van der Waals surface area contributed by atoms with Gasteiger partial charge in [0.1, 0.15) is 12.6 Å². The molecule has 0 bridgehead atoms. The monoisotopic (exact) mass is 623 g/mol. The van der Waals surface area contributed by atoms with Gasteiger partial charge in [0.05, 0.1) is 10.6 Å². The van der Waals surface area contributed by atoms with Crippen LogP contribution in [0, 0.1) is 13.8 Å². The van der Waals surface area contributed by atoms with Crippen LogP contribution in [-0.4, -0.2) is 43.8 Å². The van der Waals surface area contributed by atoms with Crippen LogP contribution in [-0.2, 0) is 32.6 Å². The Morgan fingerprint density at radius 3 is 2.04 bits per heavy atom. The summed E-state index contributed by atoms with van der Waals surface area (Å²) in [4.78, 5) is 30.3. The maximum Gasteiger partial charge on any atom is 0.264 e. The van der Waals surface area contributed by atoms with Gasteiger partial charge in [0, 0.05) is 19.0 Å². The number of para-hydroxylation sites is 1. The number of anilines is 1. The van der Waals surface area contributed by atoms with Crippen molar-refractivity contribution in [2.24, 2.45) is 0 Å². The van der Waals surface area contributed by atoms with Crippen LogP contribution < -0.4 is 9.62 Å². The van der Waals surface area contributed by atoms with E-state index in [0.717, 1.165) is 52.2 Å². The van der Waals surface area contributed by atoms with Crippen molar-refractivity contribution in [3.63, 3.8) is 0 Å². The van der Waals surface area contributed by atoms with E-state index in [4.69, 9.17) is 0 Å². The lowest BCUT2D eigenvalue weighted by atomic mass is 10.0. The van der Waals surface area contributed by atoms with Gasteiger partial charge < -0.3 is 10.2 Å². The summed E-state index contributed by atoms with van der Waals surface area (Å²) in [5, 5.41) is 3.21. The summed E-state index contributed by atoms with van der Waals surface area (Å²) in [6.07, 6.45) is 4.23. The molecule has 2 amide bonds. The Labute approximate surface area is 266 Å². The van der Waals surface area contributed by atoms with Crippen molar-refractivity contribution in [3.05, 3.63) is 131 Å². The lowest BCUT2D eigenvalue weighted by molar-refractivity contribution is -0.140. The minimum atomic E-state index is -4.12. The van der Waals surface area contributed by atoms with Gasteiger partial charge >= 0.3 is 0 Å². The molecule has 8 heteroatoms. The zero-order valence-electron chi connectivity index (χ0n) is 25.9. The molecule has 0 saturated heterocycles. The van der Waals surface area contributed by atoms with Crippen LogP contribution in [0.4, 0.5) is 5.69 Å². The Hall–Kier alpha value is -4.43. The van der Waals surface area contributed by atoms with Gasteiger partial charge in [0.25, 0.3) is 10.0 Å². The Balaban J connectivity index is 1.55. The molecule has 1 aliphatic carbocycles. The Morgan fingerprint density at radius 2 is 1.40 bits per heavy atom. The molecule has 4 aromatic rings. The van der Waals surface area contributed by atoms with Crippen molar-refractivity contribution in [2.45, 2.75) is 69.5 Å². The summed E-state index contributed by atoms with van der Waals surface area (Å²) in [5.74, 6) is -0.682. The number of nitrogens with zero attached hydrogens (tertiary/aromatic N) is 2. The highest BCUT2D eigenvalue weighted by Gasteiger charge is 2.35. The minimum absolute atomic E-state index is 0.0643. The number of rotatable bonds is 12. The molecular formula is C37H41N3O4S. The summed E-state index contributed by atoms with van der Waals surface area (Å²) in [7, 11) is -4.12.